The van der Waals surface area contributed by atoms with Crippen LogP contribution in [0.1, 0.15) is 46.0 Å². The highest BCUT2D eigenvalue weighted by atomic mass is 16.3. The van der Waals surface area contributed by atoms with Crippen molar-refractivity contribution >= 4 is 0 Å². The Bertz CT molecular complexity index is 127. The first-order chi connectivity index (χ1) is 5.74. The lowest BCUT2D eigenvalue weighted by atomic mass is 10.1. The number of nitrogens with one attached hydrogen (secondary N) is 1. The standard InChI is InChI=1S/C10H21NO/c1-3-5-8(2)11-9-6-4-7-10(9)12/h8-12H,3-7H2,1-2H3/t8-,9?,10?/m0/s1. The first kappa shape index (κ1) is 10.0. The molecule has 1 rings (SSSR count). The van der Waals surface area contributed by atoms with Crippen molar-refractivity contribution in [1.82, 2.24) is 5.32 Å². The molecule has 0 saturated heterocycles. The van der Waals surface area contributed by atoms with E-state index in [1.165, 1.54) is 19.3 Å². The van der Waals surface area contributed by atoms with Crippen LogP contribution < -0.4 is 5.32 Å². The van der Waals surface area contributed by atoms with Crippen molar-refractivity contribution < 1.29 is 5.11 Å². The van der Waals surface area contributed by atoms with Crippen LogP contribution in [0.2, 0.25) is 0 Å². The van der Waals surface area contributed by atoms with Crippen LogP contribution in [-0.4, -0.2) is 23.3 Å². The van der Waals surface area contributed by atoms with Crippen molar-refractivity contribution in [2.24, 2.45) is 0 Å². The summed E-state index contributed by atoms with van der Waals surface area (Å²) >= 11 is 0. The number of hydrogen-bond acceptors (Lipinski definition) is 2. The molecule has 2 unspecified atom stereocenters. The van der Waals surface area contributed by atoms with Gasteiger partial charge < -0.3 is 10.4 Å². The molecule has 2 nitrogen and oxygen atoms in total. The molecule has 0 aromatic rings. The van der Waals surface area contributed by atoms with E-state index in [2.05, 4.69) is 19.2 Å². The molecule has 0 aromatic carbocycles. The van der Waals surface area contributed by atoms with Gasteiger partial charge in [0, 0.05) is 12.1 Å². The largest absolute Gasteiger partial charge is 0.392 e. The Labute approximate surface area is 75.4 Å². The molecule has 0 spiro atoms. The van der Waals surface area contributed by atoms with Crippen LogP contribution in [-0.2, 0) is 0 Å². The van der Waals surface area contributed by atoms with Crippen LogP contribution in [0.15, 0.2) is 0 Å². The van der Waals surface area contributed by atoms with Gasteiger partial charge in [-0.25, -0.2) is 0 Å². The van der Waals surface area contributed by atoms with E-state index in [1.807, 2.05) is 0 Å². The predicted molar refractivity (Wildman–Crippen MR) is 51.2 cm³/mol. The molecule has 1 saturated carbocycles. The number of aliphatic hydroxyl groups is 1. The third kappa shape index (κ3) is 2.76. The quantitative estimate of drug-likeness (QED) is 0.674. The first-order valence-corrected chi connectivity index (χ1v) is 5.18. The highest BCUT2D eigenvalue weighted by Gasteiger charge is 2.25. The van der Waals surface area contributed by atoms with E-state index >= 15 is 0 Å². The minimum Gasteiger partial charge on any atom is -0.392 e. The minimum atomic E-state index is -0.0932. The maximum absolute atomic E-state index is 9.54. The van der Waals surface area contributed by atoms with Gasteiger partial charge in [0.1, 0.15) is 0 Å². The molecule has 12 heavy (non-hydrogen) atoms. The fraction of sp³-hybridized carbons (Fsp3) is 1.00. The van der Waals surface area contributed by atoms with Gasteiger partial charge in [-0.3, -0.25) is 0 Å². The van der Waals surface area contributed by atoms with Gasteiger partial charge >= 0.3 is 0 Å². The van der Waals surface area contributed by atoms with Gasteiger partial charge in [-0.15, -0.1) is 0 Å². The van der Waals surface area contributed by atoms with E-state index in [1.54, 1.807) is 0 Å². The topological polar surface area (TPSA) is 32.3 Å². The molecule has 1 fully saturated rings. The molecule has 1 aliphatic carbocycles. The average Bonchev–Trinajstić information content (AvgIpc) is 2.37. The van der Waals surface area contributed by atoms with Gasteiger partial charge in [-0.1, -0.05) is 13.3 Å². The summed E-state index contributed by atoms with van der Waals surface area (Å²) in [6, 6.07) is 0.930. The normalized spacial score (nSPS) is 32.2. The van der Waals surface area contributed by atoms with E-state index in [4.69, 9.17) is 0 Å². The summed E-state index contributed by atoms with van der Waals surface area (Å²) in [5, 5.41) is 13.0. The van der Waals surface area contributed by atoms with Gasteiger partial charge in [0.2, 0.25) is 0 Å². The molecular weight excluding hydrogens is 150 g/mol. The van der Waals surface area contributed by atoms with E-state index in [-0.39, 0.29) is 6.10 Å². The van der Waals surface area contributed by atoms with Gasteiger partial charge in [-0.2, -0.15) is 0 Å². The summed E-state index contributed by atoms with van der Waals surface area (Å²) in [5.41, 5.74) is 0. The Morgan fingerprint density at radius 3 is 2.75 bits per heavy atom. The number of rotatable bonds is 4. The summed E-state index contributed by atoms with van der Waals surface area (Å²) in [6.07, 6.45) is 5.65. The first-order valence-electron chi connectivity index (χ1n) is 5.18. The van der Waals surface area contributed by atoms with Crippen molar-refractivity contribution in [3.63, 3.8) is 0 Å². The molecule has 0 bridgehead atoms. The van der Waals surface area contributed by atoms with E-state index in [9.17, 15) is 5.11 Å². The SMILES string of the molecule is CCC[C@H](C)NC1CCCC1O. The second-order valence-corrected chi connectivity index (χ2v) is 3.96. The zero-order chi connectivity index (χ0) is 8.97. The van der Waals surface area contributed by atoms with Crippen molar-refractivity contribution in [3.05, 3.63) is 0 Å². The lowest BCUT2D eigenvalue weighted by Gasteiger charge is -2.21. The minimum absolute atomic E-state index is 0.0932. The number of aliphatic hydroxyl groups excluding tert-OH is 1. The third-order valence-electron chi connectivity index (χ3n) is 2.70. The third-order valence-corrected chi connectivity index (χ3v) is 2.70. The summed E-state index contributed by atoms with van der Waals surface area (Å²) in [6.45, 7) is 4.40. The Kier molecular flexibility index (Phi) is 4.02. The van der Waals surface area contributed by atoms with Gasteiger partial charge in [0.25, 0.3) is 0 Å². The zero-order valence-electron chi connectivity index (χ0n) is 8.21. The Morgan fingerprint density at radius 2 is 2.25 bits per heavy atom. The molecule has 0 amide bonds. The van der Waals surface area contributed by atoms with Crippen LogP contribution in [0, 0.1) is 0 Å². The molecule has 0 aliphatic heterocycles. The summed E-state index contributed by atoms with van der Waals surface area (Å²) in [7, 11) is 0. The van der Waals surface area contributed by atoms with Crippen molar-refractivity contribution in [3.8, 4) is 0 Å². The summed E-state index contributed by atoms with van der Waals surface area (Å²) in [5.74, 6) is 0. The van der Waals surface area contributed by atoms with Crippen LogP contribution in [0.25, 0.3) is 0 Å². The van der Waals surface area contributed by atoms with Crippen LogP contribution in [0.4, 0.5) is 0 Å². The highest BCUT2D eigenvalue weighted by Crippen LogP contribution is 2.19. The van der Waals surface area contributed by atoms with Crippen molar-refractivity contribution in [2.45, 2.75) is 64.1 Å². The monoisotopic (exact) mass is 171 g/mol. The second-order valence-electron chi connectivity index (χ2n) is 3.96. The molecule has 0 heterocycles. The van der Waals surface area contributed by atoms with E-state index in [0.29, 0.717) is 12.1 Å². The van der Waals surface area contributed by atoms with Crippen molar-refractivity contribution in [1.29, 1.82) is 0 Å². The molecule has 1 aliphatic rings. The zero-order valence-corrected chi connectivity index (χ0v) is 8.21. The second kappa shape index (κ2) is 4.83. The molecule has 0 aromatic heterocycles. The lowest BCUT2D eigenvalue weighted by Crippen LogP contribution is -2.41. The average molecular weight is 171 g/mol. The highest BCUT2D eigenvalue weighted by molar-refractivity contribution is 4.84. The van der Waals surface area contributed by atoms with Crippen LogP contribution in [0.5, 0.6) is 0 Å². The maximum Gasteiger partial charge on any atom is 0.0693 e. The van der Waals surface area contributed by atoms with Gasteiger partial charge in [-0.05, 0) is 32.6 Å². The molecular formula is C10H21NO. The van der Waals surface area contributed by atoms with Crippen molar-refractivity contribution in [2.75, 3.05) is 0 Å². The maximum atomic E-state index is 9.54. The smallest absolute Gasteiger partial charge is 0.0693 e. The summed E-state index contributed by atoms with van der Waals surface area (Å²) < 4.78 is 0. The van der Waals surface area contributed by atoms with Gasteiger partial charge in [0.15, 0.2) is 0 Å². The Hall–Kier alpha value is -0.0800. The van der Waals surface area contributed by atoms with Gasteiger partial charge in [0.05, 0.1) is 6.10 Å². The van der Waals surface area contributed by atoms with Crippen LogP contribution in [0.3, 0.4) is 0 Å². The summed E-state index contributed by atoms with van der Waals surface area (Å²) in [4.78, 5) is 0. The van der Waals surface area contributed by atoms with E-state index < -0.39 is 0 Å². The molecule has 2 heteroatoms. The number of hydrogen-bond donors (Lipinski definition) is 2. The Morgan fingerprint density at radius 1 is 1.50 bits per heavy atom. The fourth-order valence-electron chi connectivity index (χ4n) is 2.02. The molecule has 2 N–H and O–H groups in total. The lowest BCUT2D eigenvalue weighted by molar-refractivity contribution is 0.143. The predicted octanol–water partition coefficient (Wildman–Crippen LogP) is 1.68. The van der Waals surface area contributed by atoms with Crippen LogP contribution >= 0.6 is 0 Å². The Balaban J connectivity index is 2.20. The van der Waals surface area contributed by atoms with E-state index in [0.717, 1.165) is 12.8 Å². The molecule has 0 radical (unpaired) electrons. The molecule has 72 valence electrons. The molecule has 3 atom stereocenters. The fourth-order valence-corrected chi connectivity index (χ4v) is 2.02.